The van der Waals surface area contributed by atoms with Crippen molar-refractivity contribution in [2.75, 3.05) is 12.0 Å². The fourth-order valence-electron chi connectivity index (χ4n) is 1.25. The van der Waals surface area contributed by atoms with E-state index in [0.717, 1.165) is 6.26 Å². The Labute approximate surface area is 109 Å². The van der Waals surface area contributed by atoms with Crippen LogP contribution in [0.5, 0.6) is 0 Å². The molecule has 1 rings (SSSR count). The van der Waals surface area contributed by atoms with Gasteiger partial charge in [-0.25, -0.2) is 23.2 Å². The van der Waals surface area contributed by atoms with Crippen LogP contribution in [0.4, 0.5) is 0 Å². The van der Waals surface area contributed by atoms with Crippen molar-refractivity contribution in [3.05, 3.63) is 24.3 Å². The highest BCUT2D eigenvalue weighted by atomic mass is 32.2. The summed E-state index contributed by atoms with van der Waals surface area (Å²) in [7, 11) is -3.29. The van der Waals surface area contributed by atoms with Crippen molar-refractivity contribution in [2.45, 2.75) is 12.5 Å². The zero-order valence-electron chi connectivity index (χ0n) is 10.1. The number of carbonyl (C=O) groups excluding carboxylic acids is 1. The van der Waals surface area contributed by atoms with Crippen molar-refractivity contribution in [1.29, 1.82) is 0 Å². The van der Waals surface area contributed by atoms with Gasteiger partial charge in [0.05, 0.1) is 11.3 Å². The molecule has 0 aliphatic heterocycles. The Hall–Kier alpha value is -2.03. The molecule has 1 amide bonds. The summed E-state index contributed by atoms with van der Waals surface area (Å²) < 4.78 is 22.0. The molecule has 0 aliphatic rings. The smallest absolute Gasteiger partial charge is 0.326 e. The molecule has 19 heavy (non-hydrogen) atoms. The first-order valence-corrected chi connectivity index (χ1v) is 7.32. The highest BCUT2D eigenvalue weighted by Crippen LogP contribution is 2.00. The van der Waals surface area contributed by atoms with Crippen molar-refractivity contribution in [3.63, 3.8) is 0 Å². The van der Waals surface area contributed by atoms with Gasteiger partial charge in [0.1, 0.15) is 22.2 Å². The van der Waals surface area contributed by atoms with E-state index in [4.69, 9.17) is 5.11 Å². The van der Waals surface area contributed by atoms with E-state index < -0.39 is 27.8 Å². The fourth-order valence-corrected chi connectivity index (χ4v) is 1.91. The van der Waals surface area contributed by atoms with E-state index in [2.05, 4.69) is 15.3 Å². The van der Waals surface area contributed by atoms with Gasteiger partial charge in [-0.2, -0.15) is 0 Å². The molecule has 0 aliphatic carbocycles. The molecule has 0 aromatic carbocycles. The first kappa shape index (κ1) is 15.0. The van der Waals surface area contributed by atoms with Gasteiger partial charge in [0.15, 0.2) is 0 Å². The Bertz CT molecular complexity index is 558. The number of amides is 1. The normalized spacial score (nSPS) is 12.7. The number of carboxylic acid groups (broad SMARTS) is 1. The third-order valence-corrected chi connectivity index (χ3v) is 3.18. The number of carboxylic acids is 1. The average Bonchev–Trinajstić information content (AvgIpc) is 2.33. The van der Waals surface area contributed by atoms with Gasteiger partial charge in [0.25, 0.3) is 5.91 Å². The Kier molecular flexibility index (Phi) is 4.93. The highest BCUT2D eigenvalue weighted by Gasteiger charge is 2.22. The zero-order chi connectivity index (χ0) is 14.5. The largest absolute Gasteiger partial charge is 0.480 e. The molecule has 1 aromatic heterocycles. The molecule has 1 heterocycles. The van der Waals surface area contributed by atoms with Gasteiger partial charge in [0.2, 0.25) is 0 Å². The van der Waals surface area contributed by atoms with E-state index in [1.165, 1.54) is 18.7 Å². The number of nitrogens with zero attached hydrogens (tertiary/aromatic N) is 2. The number of carbonyl (C=O) groups is 2. The van der Waals surface area contributed by atoms with E-state index in [9.17, 15) is 18.0 Å². The summed E-state index contributed by atoms with van der Waals surface area (Å²) in [5.74, 6) is -2.29. The van der Waals surface area contributed by atoms with Crippen LogP contribution in [0.25, 0.3) is 0 Å². The standard InChI is InChI=1S/C10H13N3O5S/c1-19(17,18)3-2-8(10(15)16)13-9(14)7-4-11-6-12-5-7/h4-6,8H,2-3H2,1H3,(H,13,14)(H,15,16). The number of aromatic nitrogens is 2. The van der Waals surface area contributed by atoms with Crippen LogP contribution in [0.2, 0.25) is 0 Å². The fraction of sp³-hybridized carbons (Fsp3) is 0.400. The maximum Gasteiger partial charge on any atom is 0.326 e. The molecule has 0 radical (unpaired) electrons. The highest BCUT2D eigenvalue weighted by molar-refractivity contribution is 7.90. The number of rotatable bonds is 6. The van der Waals surface area contributed by atoms with E-state index in [-0.39, 0.29) is 17.7 Å². The van der Waals surface area contributed by atoms with Gasteiger partial charge >= 0.3 is 5.97 Å². The lowest BCUT2D eigenvalue weighted by Crippen LogP contribution is -2.42. The molecular formula is C10H13N3O5S. The summed E-state index contributed by atoms with van der Waals surface area (Å²) in [4.78, 5) is 29.9. The SMILES string of the molecule is CS(=O)(=O)CCC(NC(=O)c1cncnc1)C(=O)O. The van der Waals surface area contributed by atoms with E-state index >= 15 is 0 Å². The predicted molar refractivity (Wildman–Crippen MR) is 65.2 cm³/mol. The molecule has 1 atom stereocenters. The quantitative estimate of drug-likeness (QED) is 0.693. The molecule has 0 bridgehead atoms. The van der Waals surface area contributed by atoms with E-state index in [1.807, 2.05) is 0 Å². The molecule has 104 valence electrons. The van der Waals surface area contributed by atoms with Crippen molar-refractivity contribution in [3.8, 4) is 0 Å². The van der Waals surface area contributed by atoms with Gasteiger partial charge in [-0.1, -0.05) is 0 Å². The molecule has 2 N–H and O–H groups in total. The second-order valence-electron chi connectivity index (χ2n) is 3.91. The minimum atomic E-state index is -3.29. The van der Waals surface area contributed by atoms with Crippen molar-refractivity contribution in [1.82, 2.24) is 15.3 Å². The summed E-state index contributed by atoms with van der Waals surface area (Å²) >= 11 is 0. The predicted octanol–water partition coefficient (Wildman–Crippen LogP) is -0.906. The van der Waals surface area contributed by atoms with Crippen LogP contribution < -0.4 is 5.32 Å². The summed E-state index contributed by atoms with van der Waals surface area (Å²) in [5, 5.41) is 11.1. The Morgan fingerprint density at radius 3 is 2.42 bits per heavy atom. The first-order chi connectivity index (χ1) is 8.79. The first-order valence-electron chi connectivity index (χ1n) is 5.26. The second kappa shape index (κ2) is 6.23. The molecule has 9 heteroatoms. The second-order valence-corrected chi connectivity index (χ2v) is 6.17. The van der Waals surface area contributed by atoms with E-state index in [1.54, 1.807) is 0 Å². The number of hydrogen-bond acceptors (Lipinski definition) is 6. The minimum Gasteiger partial charge on any atom is -0.480 e. The molecular weight excluding hydrogens is 274 g/mol. The molecule has 0 spiro atoms. The summed E-state index contributed by atoms with van der Waals surface area (Å²) in [5.41, 5.74) is 0.105. The molecule has 0 fully saturated rings. The summed E-state index contributed by atoms with van der Waals surface area (Å²) in [6.07, 6.45) is 4.50. The summed E-state index contributed by atoms with van der Waals surface area (Å²) in [6.45, 7) is 0. The molecule has 0 saturated heterocycles. The van der Waals surface area contributed by atoms with Crippen LogP contribution in [-0.4, -0.2) is 53.4 Å². The molecule has 1 unspecified atom stereocenters. The molecule has 8 nitrogen and oxygen atoms in total. The lowest BCUT2D eigenvalue weighted by Gasteiger charge is -2.13. The topological polar surface area (TPSA) is 126 Å². The zero-order valence-corrected chi connectivity index (χ0v) is 10.9. The van der Waals surface area contributed by atoms with Crippen LogP contribution in [0.15, 0.2) is 18.7 Å². The molecule has 1 aromatic rings. The lowest BCUT2D eigenvalue weighted by atomic mass is 10.2. The van der Waals surface area contributed by atoms with Crippen LogP contribution in [0, 0.1) is 0 Å². The van der Waals surface area contributed by atoms with Gasteiger partial charge in [0, 0.05) is 18.6 Å². The third-order valence-electron chi connectivity index (χ3n) is 2.20. The van der Waals surface area contributed by atoms with Crippen LogP contribution in [-0.2, 0) is 14.6 Å². The van der Waals surface area contributed by atoms with Crippen LogP contribution in [0.1, 0.15) is 16.8 Å². The average molecular weight is 287 g/mol. The van der Waals surface area contributed by atoms with Gasteiger partial charge in [-0.05, 0) is 6.42 Å². The van der Waals surface area contributed by atoms with Gasteiger partial charge in [-0.15, -0.1) is 0 Å². The third kappa shape index (κ3) is 5.42. The molecule has 0 saturated carbocycles. The Morgan fingerprint density at radius 2 is 1.95 bits per heavy atom. The van der Waals surface area contributed by atoms with Crippen LogP contribution >= 0.6 is 0 Å². The van der Waals surface area contributed by atoms with Crippen molar-refractivity contribution >= 4 is 21.7 Å². The summed E-state index contributed by atoms with van der Waals surface area (Å²) in [6, 6.07) is -1.28. The number of sulfone groups is 1. The van der Waals surface area contributed by atoms with Crippen molar-refractivity contribution < 1.29 is 23.1 Å². The maximum atomic E-state index is 11.7. The minimum absolute atomic E-state index is 0.105. The number of aliphatic carboxylic acids is 1. The van der Waals surface area contributed by atoms with Gasteiger partial charge in [-0.3, -0.25) is 4.79 Å². The monoisotopic (exact) mass is 287 g/mol. The number of nitrogens with one attached hydrogen (secondary N) is 1. The number of hydrogen-bond donors (Lipinski definition) is 2. The maximum absolute atomic E-state index is 11.7. The van der Waals surface area contributed by atoms with Crippen molar-refractivity contribution in [2.24, 2.45) is 0 Å². The Morgan fingerprint density at radius 1 is 1.37 bits per heavy atom. The van der Waals surface area contributed by atoms with E-state index in [0.29, 0.717) is 0 Å². The lowest BCUT2D eigenvalue weighted by molar-refractivity contribution is -0.139. The van der Waals surface area contributed by atoms with Crippen LogP contribution in [0.3, 0.4) is 0 Å². The van der Waals surface area contributed by atoms with Gasteiger partial charge < -0.3 is 10.4 Å². The Balaban J connectivity index is 2.69.